The molecule has 1 aliphatic rings. The summed E-state index contributed by atoms with van der Waals surface area (Å²) >= 11 is 6.16. The number of hydrogen-bond acceptors (Lipinski definition) is 5. The molecule has 1 aromatic heterocycles. The van der Waals surface area contributed by atoms with E-state index >= 15 is 0 Å². The Bertz CT molecular complexity index is 833. The summed E-state index contributed by atoms with van der Waals surface area (Å²) in [5, 5.41) is 3.11. The number of hydrogen-bond donors (Lipinski definition) is 1. The molecule has 0 radical (unpaired) electrons. The summed E-state index contributed by atoms with van der Waals surface area (Å²) in [6, 6.07) is 8.06. The molecule has 0 spiro atoms. The van der Waals surface area contributed by atoms with Gasteiger partial charge in [-0.15, -0.1) is 0 Å². The van der Waals surface area contributed by atoms with E-state index in [4.69, 9.17) is 16.3 Å². The Kier molecular flexibility index (Phi) is 6.29. The van der Waals surface area contributed by atoms with Crippen molar-refractivity contribution in [1.82, 2.24) is 4.98 Å². The van der Waals surface area contributed by atoms with Crippen molar-refractivity contribution in [2.75, 3.05) is 30.4 Å². The van der Waals surface area contributed by atoms with Gasteiger partial charge in [-0.2, -0.15) is 0 Å². The summed E-state index contributed by atoms with van der Waals surface area (Å²) < 4.78 is 4.71. The molecule has 0 unspecified atom stereocenters. The molecule has 0 saturated carbocycles. The van der Waals surface area contributed by atoms with Gasteiger partial charge in [0.05, 0.1) is 23.4 Å². The van der Waals surface area contributed by atoms with Crippen molar-refractivity contribution in [3.63, 3.8) is 0 Å². The molecule has 6 nitrogen and oxygen atoms in total. The van der Waals surface area contributed by atoms with Crippen LogP contribution in [0.5, 0.6) is 0 Å². The number of pyridine rings is 1. The largest absolute Gasteiger partial charge is 0.465 e. The summed E-state index contributed by atoms with van der Waals surface area (Å²) in [7, 11) is 1.30. The van der Waals surface area contributed by atoms with Crippen LogP contribution < -0.4 is 10.2 Å². The minimum atomic E-state index is -0.491. The Hall–Kier alpha value is -2.60. The number of rotatable bonds is 4. The molecule has 1 fully saturated rings. The van der Waals surface area contributed by atoms with E-state index in [1.54, 1.807) is 30.5 Å². The molecule has 0 aliphatic carbocycles. The molecule has 2 aromatic rings. The maximum Gasteiger partial charge on any atom is 0.337 e. The van der Waals surface area contributed by atoms with Gasteiger partial charge in [-0.25, -0.2) is 9.78 Å². The van der Waals surface area contributed by atoms with Gasteiger partial charge in [-0.1, -0.05) is 24.4 Å². The number of esters is 1. The average Bonchev–Trinajstić information content (AvgIpc) is 2.98. The fraction of sp³-hybridized carbons (Fsp3) is 0.350. The second-order valence-electron chi connectivity index (χ2n) is 6.44. The van der Waals surface area contributed by atoms with Crippen LogP contribution in [-0.4, -0.2) is 37.1 Å². The first kappa shape index (κ1) is 19.2. The van der Waals surface area contributed by atoms with Gasteiger partial charge in [0.2, 0.25) is 0 Å². The lowest BCUT2D eigenvalue weighted by Gasteiger charge is -2.21. The van der Waals surface area contributed by atoms with Crippen LogP contribution in [0.15, 0.2) is 36.5 Å². The standard InChI is InChI=1S/C20H22ClN3O3/c1-27-20(26)15-6-7-16(21)17(12-15)23-19(25)14-8-9-22-18(13-14)24-10-4-2-3-5-11-24/h6-9,12-13H,2-5,10-11H2,1H3,(H,23,25). The highest BCUT2D eigenvalue weighted by Gasteiger charge is 2.15. The summed E-state index contributed by atoms with van der Waals surface area (Å²) in [6.07, 6.45) is 6.36. The molecule has 3 rings (SSSR count). The van der Waals surface area contributed by atoms with E-state index in [9.17, 15) is 9.59 Å². The van der Waals surface area contributed by atoms with E-state index in [1.807, 2.05) is 0 Å². The van der Waals surface area contributed by atoms with Gasteiger partial charge in [-0.05, 0) is 43.2 Å². The van der Waals surface area contributed by atoms with E-state index in [1.165, 1.54) is 26.0 Å². The van der Waals surface area contributed by atoms with Crippen LogP contribution in [0.4, 0.5) is 11.5 Å². The van der Waals surface area contributed by atoms with Gasteiger partial charge >= 0.3 is 5.97 Å². The molecule has 1 amide bonds. The third-order valence-corrected chi connectivity index (χ3v) is 4.90. The van der Waals surface area contributed by atoms with Crippen molar-refractivity contribution < 1.29 is 14.3 Å². The third-order valence-electron chi connectivity index (χ3n) is 4.57. The average molecular weight is 388 g/mol. The maximum absolute atomic E-state index is 12.7. The van der Waals surface area contributed by atoms with Gasteiger partial charge < -0.3 is 15.0 Å². The van der Waals surface area contributed by atoms with Gasteiger partial charge in [0, 0.05) is 24.8 Å². The Morgan fingerprint density at radius 3 is 2.52 bits per heavy atom. The predicted octanol–water partition coefficient (Wildman–Crippen LogP) is 4.15. The number of carbonyl (C=O) groups is 2. The number of nitrogens with zero attached hydrogens (tertiary/aromatic N) is 2. The van der Waals surface area contributed by atoms with Crippen LogP contribution in [0, 0.1) is 0 Å². The molecule has 7 heteroatoms. The van der Waals surface area contributed by atoms with Crippen molar-refractivity contribution in [3.05, 3.63) is 52.7 Å². The summed E-state index contributed by atoms with van der Waals surface area (Å²) in [5.74, 6) is 0.00544. The number of aromatic nitrogens is 1. The molecule has 2 heterocycles. The van der Waals surface area contributed by atoms with Crippen LogP contribution >= 0.6 is 11.6 Å². The number of amides is 1. The quantitative estimate of drug-likeness (QED) is 0.798. The summed E-state index contributed by atoms with van der Waals surface area (Å²) in [4.78, 5) is 31.0. The van der Waals surface area contributed by atoms with Crippen molar-refractivity contribution in [2.45, 2.75) is 25.7 Å². The summed E-state index contributed by atoms with van der Waals surface area (Å²) in [5.41, 5.74) is 1.17. The van der Waals surface area contributed by atoms with E-state index in [0.717, 1.165) is 31.7 Å². The molecule has 27 heavy (non-hydrogen) atoms. The second-order valence-corrected chi connectivity index (χ2v) is 6.85. The minimum Gasteiger partial charge on any atom is -0.465 e. The highest BCUT2D eigenvalue weighted by molar-refractivity contribution is 6.34. The molecular formula is C20H22ClN3O3. The molecule has 1 saturated heterocycles. The van der Waals surface area contributed by atoms with Crippen LogP contribution in [-0.2, 0) is 4.74 Å². The zero-order valence-corrected chi connectivity index (χ0v) is 16.0. The van der Waals surface area contributed by atoms with Gasteiger partial charge in [0.1, 0.15) is 5.82 Å². The normalized spacial score (nSPS) is 14.4. The second kappa shape index (κ2) is 8.86. The van der Waals surface area contributed by atoms with Gasteiger partial charge in [0.15, 0.2) is 0 Å². The smallest absolute Gasteiger partial charge is 0.337 e. The molecule has 142 valence electrons. The fourth-order valence-electron chi connectivity index (χ4n) is 3.09. The van der Waals surface area contributed by atoms with Crippen LogP contribution in [0.25, 0.3) is 0 Å². The number of nitrogens with one attached hydrogen (secondary N) is 1. The lowest BCUT2D eigenvalue weighted by Crippen LogP contribution is -2.25. The van der Waals surface area contributed by atoms with Crippen LogP contribution in [0.2, 0.25) is 5.02 Å². The van der Waals surface area contributed by atoms with E-state index in [-0.39, 0.29) is 5.91 Å². The zero-order chi connectivity index (χ0) is 19.2. The summed E-state index contributed by atoms with van der Waals surface area (Å²) in [6.45, 7) is 1.90. The number of ether oxygens (including phenoxy) is 1. The van der Waals surface area contributed by atoms with E-state index in [0.29, 0.717) is 21.8 Å². The number of halogens is 1. The number of anilines is 2. The number of carbonyl (C=O) groups excluding carboxylic acids is 2. The Balaban J connectivity index is 1.78. The zero-order valence-electron chi connectivity index (χ0n) is 15.2. The predicted molar refractivity (Wildman–Crippen MR) is 106 cm³/mol. The van der Waals surface area contributed by atoms with E-state index < -0.39 is 5.97 Å². The van der Waals surface area contributed by atoms with Crippen molar-refractivity contribution >= 4 is 35.0 Å². The number of benzene rings is 1. The third kappa shape index (κ3) is 4.77. The lowest BCUT2D eigenvalue weighted by molar-refractivity contribution is 0.0600. The lowest BCUT2D eigenvalue weighted by atomic mass is 10.2. The van der Waals surface area contributed by atoms with Gasteiger partial charge in [-0.3, -0.25) is 4.79 Å². The SMILES string of the molecule is COC(=O)c1ccc(Cl)c(NC(=O)c2ccnc(N3CCCCCC3)c2)c1. The Morgan fingerprint density at radius 1 is 1.07 bits per heavy atom. The molecule has 1 N–H and O–H groups in total. The van der Waals surface area contributed by atoms with Crippen LogP contribution in [0.1, 0.15) is 46.4 Å². The maximum atomic E-state index is 12.7. The van der Waals surface area contributed by atoms with Crippen molar-refractivity contribution in [3.8, 4) is 0 Å². The number of methoxy groups -OCH3 is 1. The molecular weight excluding hydrogens is 366 g/mol. The highest BCUT2D eigenvalue weighted by atomic mass is 35.5. The van der Waals surface area contributed by atoms with Gasteiger partial charge in [0.25, 0.3) is 5.91 Å². The highest BCUT2D eigenvalue weighted by Crippen LogP contribution is 2.25. The first-order valence-electron chi connectivity index (χ1n) is 8.98. The van der Waals surface area contributed by atoms with Crippen molar-refractivity contribution in [2.24, 2.45) is 0 Å². The molecule has 1 aromatic carbocycles. The first-order valence-corrected chi connectivity index (χ1v) is 9.36. The Morgan fingerprint density at radius 2 is 1.81 bits per heavy atom. The van der Waals surface area contributed by atoms with E-state index in [2.05, 4.69) is 15.2 Å². The minimum absolute atomic E-state index is 0.308. The molecule has 1 aliphatic heterocycles. The van der Waals surface area contributed by atoms with Crippen molar-refractivity contribution in [1.29, 1.82) is 0 Å². The molecule has 0 atom stereocenters. The fourth-order valence-corrected chi connectivity index (χ4v) is 3.26. The topological polar surface area (TPSA) is 71.5 Å². The molecule has 0 bridgehead atoms. The van der Waals surface area contributed by atoms with Crippen LogP contribution in [0.3, 0.4) is 0 Å². The Labute approximate surface area is 163 Å². The first-order chi connectivity index (χ1) is 13.1. The monoisotopic (exact) mass is 387 g/mol.